The lowest BCUT2D eigenvalue weighted by molar-refractivity contribution is -0.178. The van der Waals surface area contributed by atoms with Gasteiger partial charge in [-0.3, -0.25) is 4.79 Å². The van der Waals surface area contributed by atoms with Gasteiger partial charge in [-0.1, -0.05) is 34.1 Å². The molecule has 5 rings (SSSR count). The minimum absolute atomic E-state index is 0.0155. The number of esters is 1. The first kappa shape index (κ1) is 26.9. The SMILES string of the molecule is CC(C)CCNC1C[C@]2(C)C(C(=O)OC3CCCCC3)CC[C@H]2[C@@H]2CCC3CC(O)C(O)C[C@]3(C)[C@H]12. The molecule has 5 unspecified atom stereocenters. The van der Waals surface area contributed by atoms with Crippen molar-refractivity contribution in [3.8, 4) is 0 Å². The standard InChI is InChI=1S/C31H53NO4/c1-19(2)14-15-32-25-17-31(4)23(12-13-24(31)29(35)36-21-8-6-5-7-9-21)22-11-10-20-16-26(33)27(34)18-30(20,3)28(22)25/h19-28,32-34H,5-18H2,1-4H3/t20?,22-,23-,24?,25?,26?,27?,28-,30-,31-/m0/s1. The zero-order valence-corrected chi connectivity index (χ0v) is 23.4. The molecular formula is C31H53NO4. The third kappa shape index (κ3) is 4.79. The molecule has 206 valence electrons. The summed E-state index contributed by atoms with van der Waals surface area (Å²) >= 11 is 0. The number of aliphatic hydroxyl groups is 2. The van der Waals surface area contributed by atoms with E-state index in [0.717, 1.165) is 57.9 Å². The Balaban J connectivity index is 1.40. The van der Waals surface area contributed by atoms with Crippen molar-refractivity contribution in [1.29, 1.82) is 0 Å². The summed E-state index contributed by atoms with van der Waals surface area (Å²) in [5.74, 6) is 2.87. The Bertz CT molecular complexity index is 781. The van der Waals surface area contributed by atoms with Gasteiger partial charge in [-0.15, -0.1) is 0 Å². The molecule has 0 aromatic carbocycles. The molecule has 5 aliphatic rings. The molecule has 5 nitrogen and oxygen atoms in total. The van der Waals surface area contributed by atoms with Crippen molar-refractivity contribution in [3.63, 3.8) is 0 Å². The fraction of sp³-hybridized carbons (Fsp3) is 0.968. The number of carbonyl (C=O) groups excluding carboxylic acids is 1. The number of hydrogen-bond donors (Lipinski definition) is 3. The summed E-state index contributed by atoms with van der Waals surface area (Å²) in [5.41, 5.74) is 0.0253. The molecule has 5 heteroatoms. The Hall–Kier alpha value is -0.650. The average molecular weight is 504 g/mol. The van der Waals surface area contributed by atoms with E-state index in [1.807, 2.05) is 0 Å². The minimum Gasteiger partial charge on any atom is -0.462 e. The van der Waals surface area contributed by atoms with Crippen LogP contribution < -0.4 is 5.32 Å². The maximum Gasteiger partial charge on any atom is 0.309 e. The van der Waals surface area contributed by atoms with E-state index >= 15 is 0 Å². The lowest BCUT2D eigenvalue weighted by Crippen LogP contribution is -2.64. The van der Waals surface area contributed by atoms with Crippen molar-refractivity contribution in [2.75, 3.05) is 6.54 Å². The third-order valence-corrected chi connectivity index (χ3v) is 11.9. The van der Waals surface area contributed by atoms with E-state index in [1.165, 1.54) is 25.7 Å². The second-order valence-corrected chi connectivity index (χ2v) is 14.4. The van der Waals surface area contributed by atoms with Crippen molar-refractivity contribution in [2.24, 2.45) is 46.3 Å². The van der Waals surface area contributed by atoms with Gasteiger partial charge in [0.25, 0.3) is 0 Å². The largest absolute Gasteiger partial charge is 0.462 e. The predicted molar refractivity (Wildman–Crippen MR) is 142 cm³/mol. The molecule has 3 N–H and O–H groups in total. The van der Waals surface area contributed by atoms with Crippen LogP contribution in [0.25, 0.3) is 0 Å². The summed E-state index contributed by atoms with van der Waals surface area (Å²) in [6, 6.07) is 0.355. The van der Waals surface area contributed by atoms with Crippen LogP contribution >= 0.6 is 0 Å². The first-order valence-electron chi connectivity index (χ1n) is 15.4. The molecule has 36 heavy (non-hydrogen) atoms. The van der Waals surface area contributed by atoms with Gasteiger partial charge in [-0.05, 0) is 124 Å². The third-order valence-electron chi connectivity index (χ3n) is 11.9. The molecule has 0 radical (unpaired) electrons. The van der Waals surface area contributed by atoms with Crippen LogP contribution in [-0.4, -0.2) is 47.1 Å². The lowest BCUT2D eigenvalue weighted by atomic mass is 9.43. The molecule has 0 spiro atoms. The van der Waals surface area contributed by atoms with Crippen LogP contribution in [0.3, 0.4) is 0 Å². The van der Waals surface area contributed by atoms with Gasteiger partial charge in [0.1, 0.15) is 6.10 Å². The summed E-state index contributed by atoms with van der Waals surface area (Å²) in [6.45, 7) is 10.4. The van der Waals surface area contributed by atoms with Crippen molar-refractivity contribution in [3.05, 3.63) is 0 Å². The highest BCUT2D eigenvalue weighted by Gasteiger charge is 2.65. The fourth-order valence-electron chi connectivity index (χ4n) is 10.0. The summed E-state index contributed by atoms with van der Waals surface area (Å²) < 4.78 is 6.18. The van der Waals surface area contributed by atoms with Gasteiger partial charge in [0, 0.05) is 6.04 Å². The first-order valence-corrected chi connectivity index (χ1v) is 15.4. The van der Waals surface area contributed by atoms with Crippen LogP contribution in [0.5, 0.6) is 0 Å². The maximum atomic E-state index is 13.6. The van der Waals surface area contributed by atoms with E-state index in [4.69, 9.17) is 4.74 Å². The van der Waals surface area contributed by atoms with E-state index < -0.39 is 12.2 Å². The monoisotopic (exact) mass is 503 g/mol. The molecule has 0 heterocycles. The Morgan fingerprint density at radius 1 is 0.944 bits per heavy atom. The average Bonchev–Trinajstić information content (AvgIpc) is 3.17. The minimum atomic E-state index is -0.614. The van der Waals surface area contributed by atoms with E-state index in [0.29, 0.717) is 42.1 Å². The Morgan fingerprint density at radius 3 is 2.42 bits per heavy atom. The summed E-state index contributed by atoms with van der Waals surface area (Å²) in [4.78, 5) is 13.6. The van der Waals surface area contributed by atoms with E-state index in [1.54, 1.807) is 0 Å². The van der Waals surface area contributed by atoms with E-state index in [2.05, 4.69) is 33.0 Å². The molecule has 10 atom stereocenters. The molecule has 0 aromatic rings. The molecule has 0 amide bonds. The topological polar surface area (TPSA) is 78.8 Å². The Labute approximate surface area is 219 Å². The second-order valence-electron chi connectivity index (χ2n) is 14.4. The first-order chi connectivity index (χ1) is 17.1. The van der Waals surface area contributed by atoms with Gasteiger partial charge < -0.3 is 20.3 Å². The van der Waals surface area contributed by atoms with Gasteiger partial charge in [0.05, 0.1) is 18.1 Å². The lowest BCUT2D eigenvalue weighted by Gasteiger charge is -2.63. The zero-order valence-electron chi connectivity index (χ0n) is 23.4. The highest BCUT2D eigenvalue weighted by atomic mass is 16.5. The number of hydrogen-bond acceptors (Lipinski definition) is 5. The second kappa shape index (κ2) is 10.5. The van der Waals surface area contributed by atoms with Crippen LogP contribution in [0.15, 0.2) is 0 Å². The number of nitrogens with one attached hydrogen (secondary N) is 1. The van der Waals surface area contributed by atoms with Gasteiger partial charge in [0.15, 0.2) is 0 Å². The molecule has 5 aliphatic carbocycles. The Kier molecular flexibility index (Phi) is 7.85. The van der Waals surface area contributed by atoms with Crippen molar-refractivity contribution >= 4 is 5.97 Å². The number of fused-ring (bicyclic) bond motifs is 5. The summed E-state index contributed by atoms with van der Waals surface area (Å²) in [6.07, 6.45) is 12.7. The highest BCUT2D eigenvalue weighted by molar-refractivity contribution is 5.74. The molecule has 0 aromatic heterocycles. The van der Waals surface area contributed by atoms with Crippen LogP contribution in [0.2, 0.25) is 0 Å². The molecule has 5 saturated carbocycles. The van der Waals surface area contributed by atoms with Crippen LogP contribution in [0.1, 0.15) is 111 Å². The van der Waals surface area contributed by atoms with Gasteiger partial charge >= 0.3 is 5.97 Å². The molecule has 0 bridgehead atoms. The number of carbonyl (C=O) groups is 1. The zero-order chi connectivity index (χ0) is 25.7. The highest BCUT2D eigenvalue weighted by Crippen LogP contribution is 2.67. The normalized spacial score (nSPS) is 47.2. The van der Waals surface area contributed by atoms with Crippen LogP contribution in [-0.2, 0) is 9.53 Å². The van der Waals surface area contributed by atoms with Gasteiger partial charge in [-0.25, -0.2) is 0 Å². The van der Waals surface area contributed by atoms with Gasteiger partial charge in [-0.2, -0.15) is 0 Å². The molecule has 5 fully saturated rings. The summed E-state index contributed by atoms with van der Waals surface area (Å²) in [7, 11) is 0. The number of aliphatic hydroxyl groups excluding tert-OH is 2. The fourth-order valence-corrected chi connectivity index (χ4v) is 10.0. The van der Waals surface area contributed by atoms with E-state index in [-0.39, 0.29) is 28.8 Å². The van der Waals surface area contributed by atoms with Crippen molar-refractivity contribution in [2.45, 2.75) is 136 Å². The van der Waals surface area contributed by atoms with Crippen molar-refractivity contribution in [1.82, 2.24) is 5.32 Å². The summed E-state index contributed by atoms with van der Waals surface area (Å²) in [5, 5.41) is 25.3. The maximum absolute atomic E-state index is 13.6. The number of ether oxygens (including phenoxy) is 1. The quantitative estimate of drug-likeness (QED) is 0.419. The molecule has 0 aliphatic heterocycles. The van der Waals surface area contributed by atoms with Crippen molar-refractivity contribution < 1.29 is 19.7 Å². The van der Waals surface area contributed by atoms with E-state index in [9.17, 15) is 15.0 Å². The Morgan fingerprint density at radius 2 is 1.69 bits per heavy atom. The number of rotatable bonds is 6. The molecule has 0 saturated heterocycles. The smallest absolute Gasteiger partial charge is 0.309 e. The van der Waals surface area contributed by atoms with Crippen LogP contribution in [0, 0.1) is 46.3 Å². The van der Waals surface area contributed by atoms with Gasteiger partial charge in [0.2, 0.25) is 0 Å². The predicted octanol–water partition coefficient (Wildman–Crippen LogP) is 5.47. The van der Waals surface area contributed by atoms with Crippen LogP contribution in [0.4, 0.5) is 0 Å². The molecular weight excluding hydrogens is 450 g/mol.